The minimum absolute atomic E-state index is 0.0429. The molecular formula is C12H12N6O3. The molecule has 0 radical (unpaired) electrons. The summed E-state index contributed by atoms with van der Waals surface area (Å²) in [5.41, 5.74) is -0.699. The van der Waals surface area contributed by atoms with Crippen LogP contribution in [0.5, 0.6) is 0 Å². The third-order valence-electron chi connectivity index (χ3n) is 3.18. The second-order valence-electron chi connectivity index (χ2n) is 4.84. The molecule has 1 aliphatic rings. The Labute approximate surface area is 117 Å². The molecule has 1 saturated carbocycles. The molecule has 2 atom stereocenters. The molecule has 0 bridgehead atoms. The molecule has 2 aromatic heterocycles. The normalized spacial score (nSPS) is 20.0. The van der Waals surface area contributed by atoms with Crippen LogP contribution in [-0.4, -0.2) is 30.8 Å². The minimum Gasteiger partial charge on any atom is -0.296 e. The van der Waals surface area contributed by atoms with Crippen LogP contribution in [-0.2, 0) is 4.79 Å². The van der Waals surface area contributed by atoms with Crippen molar-refractivity contribution in [1.29, 1.82) is 0 Å². The van der Waals surface area contributed by atoms with Gasteiger partial charge in [-0.15, -0.1) is 0 Å². The fraction of sp³-hybridized carbons (Fsp3) is 0.333. The number of nitrogens with one attached hydrogen (secondary N) is 3. The number of aromatic nitrogens is 5. The smallest absolute Gasteiger partial charge is 0.296 e. The van der Waals surface area contributed by atoms with Crippen LogP contribution >= 0.6 is 0 Å². The topological polar surface area (TPSA) is 133 Å². The van der Waals surface area contributed by atoms with E-state index in [1.807, 2.05) is 11.9 Å². The van der Waals surface area contributed by atoms with Crippen LogP contribution in [0.3, 0.4) is 0 Å². The van der Waals surface area contributed by atoms with Crippen molar-refractivity contribution < 1.29 is 4.79 Å². The summed E-state index contributed by atoms with van der Waals surface area (Å²) in [7, 11) is 0. The molecule has 0 aromatic carbocycles. The number of anilines is 1. The van der Waals surface area contributed by atoms with E-state index in [1.54, 1.807) is 12.3 Å². The molecule has 9 heteroatoms. The van der Waals surface area contributed by atoms with E-state index >= 15 is 0 Å². The van der Waals surface area contributed by atoms with Crippen molar-refractivity contribution in [3.8, 4) is 0 Å². The summed E-state index contributed by atoms with van der Waals surface area (Å²) in [4.78, 5) is 50.2. The lowest BCUT2D eigenvalue weighted by molar-refractivity contribution is -0.117. The summed E-state index contributed by atoms with van der Waals surface area (Å²) in [6.45, 7) is 1.85. The number of carbonyl (C=O) groups is 1. The quantitative estimate of drug-likeness (QED) is 0.683. The summed E-state index contributed by atoms with van der Waals surface area (Å²) in [6.07, 6.45) is 2.28. The zero-order chi connectivity index (χ0) is 15.0. The van der Waals surface area contributed by atoms with Gasteiger partial charge in [0.1, 0.15) is 5.82 Å². The molecular weight excluding hydrogens is 276 g/mol. The Balaban J connectivity index is 1.70. The van der Waals surface area contributed by atoms with Crippen molar-refractivity contribution in [2.24, 2.45) is 5.92 Å². The highest BCUT2D eigenvalue weighted by atomic mass is 16.2. The van der Waals surface area contributed by atoms with Crippen LogP contribution in [0.4, 0.5) is 5.95 Å². The molecule has 2 aromatic rings. The fourth-order valence-corrected chi connectivity index (χ4v) is 2.08. The van der Waals surface area contributed by atoms with E-state index in [9.17, 15) is 14.4 Å². The largest absolute Gasteiger partial charge is 0.352 e. The highest BCUT2D eigenvalue weighted by Crippen LogP contribution is 2.46. The Morgan fingerprint density at radius 1 is 1.33 bits per heavy atom. The first-order valence-corrected chi connectivity index (χ1v) is 6.34. The van der Waals surface area contributed by atoms with E-state index < -0.39 is 11.4 Å². The number of hydrogen-bond acceptors (Lipinski definition) is 6. The zero-order valence-corrected chi connectivity index (χ0v) is 11.1. The lowest BCUT2D eigenvalue weighted by Gasteiger charge is -2.02. The first-order chi connectivity index (χ1) is 10.0. The van der Waals surface area contributed by atoms with E-state index in [0.29, 0.717) is 12.2 Å². The highest BCUT2D eigenvalue weighted by Gasteiger charge is 2.46. The van der Waals surface area contributed by atoms with Crippen LogP contribution in [0.25, 0.3) is 0 Å². The number of carbonyl (C=O) groups excluding carboxylic acids is 1. The molecule has 3 rings (SSSR count). The van der Waals surface area contributed by atoms with Crippen LogP contribution in [0, 0.1) is 12.8 Å². The maximum Gasteiger partial charge on any atom is 0.352 e. The fourth-order valence-electron chi connectivity index (χ4n) is 2.08. The Bertz CT molecular complexity index is 783. The second-order valence-corrected chi connectivity index (χ2v) is 4.84. The molecule has 0 spiro atoms. The summed E-state index contributed by atoms with van der Waals surface area (Å²) in [5.74, 6) is -0.180. The summed E-state index contributed by atoms with van der Waals surface area (Å²) >= 11 is 0. The third-order valence-corrected chi connectivity index (χ3v) is 3.18. The standard InChI is InChI=1S/C12H12N6O3/c1-5-2-3-13-8(14-5)6-4-7(6)9(19)15-10-16-11(20)18-12(21)17-10/h2-3,6-7H,4H2,1H3,(H3,15,16,17,18,19,20,21). The van der Waals surface area contributed by atoms with Crippen LogP contribution < -0.4 is 16.7 Å². The van der Waals surface area contributed by atoms with E-state index in [-0.39, 0.29) is 23.7 Å². The van der Waals surface area contributed by atoms with E-state index in [1.165, 1.54) is 0 Å². The molecule has 9 nitrogen and oxygen atoms in total. The van der Waals surface area contributed by atoms with Gasteiger partial charge in [-0.3, -0.25) is 20.1 Å². The summed E-state index contributed by atoms with van der Waals surface area (Å²) < 4.78 is 0. The van der Waals surface area contributed by atoms with Gasteiger partial charge in [0, 0.05) is 23.7 Å². The Kier molecular flexibility index (Phi) is 3.09. The van der Waals surface area contributed by atoms with E-state index in [0.717, 1.165) is 5.69 Å². The van der Waals surface area contributed by atoms with Crippen molar-refractivity contribution in [1.82, 2.24) is 24.9 Å². The molecule has 3 N–H and O–H groups in total. The molecule has 0 aliphatic heterocycles. The van der Waals surface area contributed by atoms with E-state index in [2.05, 4.69) is 25.3 Å². The van der Waals surface area contributed by atoms with E-state index in [4.69, 9.17) is 0 Å². The average molecular weight is 288 g/mol. The first-order valence-electron chi connectivity index (χ1n) is 6.34. The van der Waals surface area contributed by atoms with Gasteiger partial charge in [-0.2, -0.15) is 4.98 Å². The van der Waals surface area contributed by atoms with Gasteiger partial charge in [-0.25, -0.2) is 19.6 Å². The van der Waals surface area contributed by atoms with Crippen LogP contribution in [0.1, 0.15) is 23.9 Å². The van der Waals surface area contributed by atoms with Crippen molar-refractivity contribution in [3.63, 3.8) is 0 Å². The Morgan fingerprint density at radius 3 is 2.86 bits per heavy atom. The number of hydrogen-bond donors (Lipinski definition) is 3. The van der Waals surface area contributed by atoms with Crippen LogP contribution in [0.15, 0.2) is 21.9 Å². The molecule has 1 amide bonds. The van der Waals surface area contributed by atoms with Crippen molar-refractivity contribution >= 4 is 11.9 Å². The van der Waals surface area contributed by atoms with Crippen molar-refractivity contribution in [2.75, 3.05) is 5.32 Å². The average Bonchev–Trinajstić information content (AvgIpc) is 3.17. The van der Waals surface area contributed by atoms with Gasteiger partial charge in [0.05, 0.1) is 0 Å². The number of H-pyrrole nitrogens is 2. The SMILES string of the molecule is Cc1ccnc(C2CC2C(=O)Nc2nc(=O)[nH]c(=O)[nH]2)n1. The predicted molar refractivity (Wildman–Crippen MR) is 71.7 cm³/mol. The summed E-state index contributed by atoms with van der Waals surface area (Å²) in [5, 5.41) is 2.42. The minimum atomic E-state index is -0.816. The molecule has 2 unspecified atom stereocenters. The van der Waals surface area contributed by atoms with Gasteiger partial charge >= 0.3 is 11.4 Å². The molecule has 2 heterocycles. The maximum atomic E-state index is 12.0. The number of aryl methyl sites for hydroxylation is 1. The van der Waals surface area contributed by atoms with Gasteiger partial charge in [0.2, 0.25) is 11.9 Å². The van der Waals surface area contributed by atoms with Gasteiger partial charge in [0.15, 0.2) is 0 Å². The van der Waals surface area contributed by atoms with Crippen molar-refractivity contribution in [2.45, 2.75) is 19.3 Å². The van der Waals surface area contributed by atoms with Gasteiger partial charge in [0.25, 0.3) is 0 Å². The second kappa shape index (κ2) is 4.93. The maximum absolute atomic E-state index is 12.0. The summed E-state index contributed by atoms with van der Waals surface area (Å²) in [6, 6.07) is 1.78. The molecule has 108 valence electrons. The molecule has 21 heavy (non-hydrogen) atoms. The van der Waals surface area contributed by atoms with Gasteiger partial charge < -0.3 is 0 Å². The predicted octanol–water partition coefficient (Wildman–Crippen LogP) is -0.701. The van der Waals surface area contributed by atoms with Crippen LogP contribution in [0.2, 0.25) is 0 Å². The highest BCUT2D eigenvalue weighted by molar-refractivity contribution is 5.93. The number of nitrogens with zero attached hydrogens (tertiary/aromatic N) is 3. The Morgan fingerprint density at radius 2 is 2.14 bits per heavy atom. The van der Waals surface area contributed by atoms with Crippen molar-refractivity contribution in [3.05, 3.63) is 44.8 Å². The molecule has 1 aliphatic carbocycles. The number of aromatic amines is 2. The zero-order valence-electron chi connectivity index (χ0n) is 11.1. The van der Waals surface area contributed by atoms with Gasteiger partial charge in [-0.1, -0.05) is 0 Å². The Hall–Kier alpha value is -2.84. The first kappa shape index (κ1) is 13.2. The molecule has 1 fully saturated rings. The molecule has 0 saturated heterocycles. The number of rotatable bonds is 3. The number of amides is 1. The third kappa shape index (κ3) is 2.86. The lowest BCUT2D eigenvalue weighted by Crippen LogP contribution is -2.28. The monoisotopic (exact) mass is 288 g/mol. The lowest BCUT2D eigenvalue weighted by atomic mass is 10.2. The van der Waals surface area contributed by atoms with Gasteiger partial charge in [-0.05, 0) is 19.4 Å².